The Morgan fingerprint density at radius 3 is 2.71 bits per heavy atom. The molecule has 4 rings (SSSR count). The first-order chi connectivity index (χ1) is 15.0. The van der Waals surface area contributed by atoms with E-state index in [9.17, 15) is 9.59 Å². The van der Waals surface area contributed by atoms with Gasteiger partial charge in [0.05, 0.1) is 16.2 Å². The van der Waals surface area contributed by atoms with E-state index in [1.807, 2.05) is 17.5 Å². The van der Waals surface area contributed by atoms with Crippen molar-refractivity contribution in [1.29, 1.82) is 0 Å². The van der Waals surface area contributed by atoms with Crippen molar-refractivity contribution in [3.8, 4) is 16.3 Å². The van der Waals surface area contributed by atoms with Crippen LogP contribution in [0, 0.1) is 0 Å². The average Bonchev–Trinajstić information content (AvgIpc) is 3.49. The highest BCUT2D eigenvalue weighted by Crippen LogP contribution is 2.38. The molecule has 11 heteroatoms. The first kappa shape index (κ1) is 21.4. The SMILES string of the molecule is O=C(COc1ccc(Cl)cc1Cl)Nc1nc(-c2cccs2)c(NC(=O)c2ccco2)s1. The van der Waals surface area contributed by atoms with Gasteiger partial charge < -0.3 is 14.5 Å². The van der Waals surface area contributed by atoms with E-state index in [1.165, 1.54) is 23.7 Å². The third-order valence-electron chi connectivity index (χ3n) is 3.85. The summed E-state index contributed by atoms with van der Waals surface area (Å²) in [4.78, 5) is 30.0. The quantitative estimate of drug-likeness (QED) is 0.327. The van der Waals surface area contributed by atoms with Crippen LogP contribution >= 0.6 is 45.9 Å². The molecule has 31 heavy (non-hydrogen) atoms. The van der Waals surface area contributed by atoms with Crippen LogP contribution in [0.1, 0.15) is 10.6 Å². The van der Waals surface area contributed by atoms with Gasteiger partial charge in [-0.15, -0.1) is 11.3 Å². The molecular weight excluding hydrogens is 481 g/mol. The minimum absolute atomic E-state index is 0.171. The zero-order valence-corrected chi connectivity index (χ0v) is 18.7. The van der Waals surface area contributed by atoms with E-state index in [0.717, 1.165) is 16.2 Å². The molecule has 0 spiro atoms. The maximum atomic E-state index is 12.4. The number of aromatic nitrogens is 1. The standard InChI is InChI=1S/C20H13Cl2N3O4S2/c21-11-5-6-13(12(22)9-11)29-10-16(26)23-20-24-17(15-4-2-8-30-15)19(31-20)25-18(27)14-3-1-7-28-14/h1-9H,10H2,(H,25,27)(H,23,24,26). The Bertz CT molecular complexity index is 1210. The summed E-state index contributed by atoms with van der Waals surface area (Å²) in [6, 6.07) is 11.7. The van der Waals surface area contributed by atoms with Gasteiger partial charge in [-0.05, 0) is 41.8 Å². The maximum Gasteiger partial charge on any atom is 0.292 e. The van der Waals surface area contributed by atoms with Crippen LogP contribution in [0.25, 0.3) is 10.6 Å². The predicted octanol–water partition coefficient (Wildman–Crippen LogP) is 6.04. The number of hydrogen-bond donors (Lipinski definition) is 2. The number of benzene rings is 1. The number of thiazole rings is 1. The monoisotopic (exact) mass is 493 g/mol. The number of ether oxygens (including phenoxy) is 1. The maximum absolute atomic E-state index is 12.4. The molecule has 0 aliphatic heterocycles. The lowest BCUT2D eigenvalue weighted by Gasteiger charge is -2.07. The lowest BCUT2D eigenvalue weighted by atomic mass is 10.3. The molecule has 0 aliphatic rings. The highest BCUT2D eigenvalue weighted by atomic mass is 35.5. The minimum atomic E-state index is -0.429. The van der Waals surface area contributed by atoms with Crippen molar-refractivity contribution in [2.45, 2.75) is 0 Å². The Morgan fingerprint density at radius 2 is 2.00 bits per heavy atom. The van der Waals surface area contributed by atoms with E-state index in [4.69, 9.17) is 32.4 Å². The fraction of sp³-hybridized carbons (Fsp3) is 0.0500. The Kier molecular flexibility index (Phi) is 6.57. The molecule has 0 fully saturated rings. The second-order valence-electron chi connectivity index (χ2n) is 6.02. The number of amides is 2. The number of furan rings is 1. The molecule has 0 unspecified atom stereocenters. The number of rotatable bonds is 7. The normalized spacial score (nSPS) is 10.6. The molecule has 4 aromatic rings. The van der Waals surface area contributed by atoms with Crippen molar-refractivity contribution in [3.63, 3.8) is 0 Å². The van der Waals surface area contributed by atoms with Crippen molar-refractivity contribution in [2.24, 2.45) is 0 Å². The Morgan fingerprint density at radius 1 is 1.13 bits per heavy atom. The van der Waals surface area contributed by atoms with Crippen molar-refractivity contribution in [3.05, 3.63) is 69.9 Å². The Balaban J connectivity index is 1.47. The van der Waals surface area contributed by atoms with Gasteiger partial charge in [-0.3, -0.25) is 14.9 Å². The Hall–Kier alpha value is -2.85. The van der Waals surface area contributed by atoms with Crippen LogP contribution in [0.15, 0.2) is 58.5 Å². The van der Waals surface area contributed by atoms with Crippen molar-refractivity contribution < 1.29 is 18.7 Å². The molecule has 158 valence electrons. The fourth-order valence-electron chi connectivity index (χ4n) is 2.50. The third kappa shape index (κ3) is 5.26. The number of hydrogen-bond acceptors (Lipinski definition) is 7. The topological polar surface area (TPSA) is 93.5 Å². The molecule has 7 nitrogen and oxygen atoms in total. The molecule has 1 aromatic carbocycles. The van der Waals surface area contributed by atoms with Gasteiger partial charge in [0, 0.05) is 5.02 Å². The Labute approximate surface area is 194 Å². The zero-order valence-electron chi connectivity index (χ0n) is 15.6. The van der Waals surface area contributed by atoms with Gasteiger partial charge in [0.25, 0.3) is 11.8 Å². The van der Waals surface area contributed by atoms with E-state index >= 15 is 0 Å². The fourth-order valence-corrected chi connectivity index (χ4v) is 4.64. The second kappa shape index (κ2) is 9.52. The number of halogens is 2. The lowest BCUT2D eigenvalue weighted by Crippen LogP contribution is -2.20. The summed E-state index contributed by atoms with van der Waals surface area (Å²) in [7, 11) is 0. The molecule has 0 aliphatic carbocycles. The van der Waals surface area contributed by atoms with Gasteiger partial charge in [0.2, 0.25) is 0 Å². The molecule has 0 bridgehead atoms. The van der Waals surface area contributed by atoms with E-state index < -0.39 is 11.8 Å². The number of carbonyl (C=O) groups is 2. The largest absolute Gasteiger partial charge is 0.482 e. The summed E-state index contributed by atoms with van der Waals surface area (Å²) in [6.07, 6.45) is 1.42. The van der Waals surface area contributed by atoms with Gasteiger partial charge in [-0.25, -0.2) is 4.98 Å². The number of thiophene rings is 1. The second-order valence-corrected chi connectivity index (χ2v) is 8.81. The van der Waals surface area contributed by atoms with Gasteiger partial charge in [-0.1, -0.05) is 40.6 Å². The van der Waals surface area contributed by atoms with E-state index in [2.05, 4.69) is 15.6 Å². The molecule has 0 atom stereocenters. The van der Waals surface area contributed by atoms with E-state index in [0.29, 0.717) is 31.6 Å². The number of carbonyl (C=O) groups excluding carboxylic acids is 2. The van der Waals surface area contributed by atoms with Crippen LogP contribution in [-0.4, -0.2) is 23.4 Å². The van der Waals surface area contributed by atoms with Crippen LogP contribution < -0.4 is 15.4 Å². The molecular formula is C20H13Cl2N3O4S2. The molecule has 3 heterocycles. The van der Waals surface area contributed by atoms with Gasteiger partial charge in [0.15, 0.2) is 17.5 Å². The summed E-state index contributed by atoms with van der Waals surface area (Å²) in [5.41, 5.74) is 0.553. The van der Waals surface area contributed by atoms with Crippen molar-refractivity contribution in [1.82, 2.24) is 4.98 Å². The van der Waals surface area contributed by atoms with Gasteiger partial charge in [-0.2, -0.15) is 0 Å². The summed E-state index contributed by atoms with van der Waals surface area (Å²) < 4.78 is 10.6. The first-order valence-electron chi connectivity index (χ1n) is 8.77. The van der Waals surface area contributed by atoms with Crippen LogP contribution in [0.5, 0.6) is 5.75 Å². The summed E-state index contributed by atoms with van der Waals surface area (Å²) in [6.45, 7) is -0.274. The molecule has 2 N–H and O–H groups in total. The number of nitrogens with zero attached hydrogens (tertiary/aromatic N) is 1. The van der Waals surface area contributed by atoms with Gasteiger partial charge in [0.1, 0.15) is 16.4 Å². The molecule has 2 amide bonds. The summed E-state index contributed by atoms with van der Waals surface area (Å²) in [5.74, 6) is -0.332. The van der Waals surface area contributed by atoms with Gasteiger partial charge >= 0.3 is 0 Å². The molecule has 0 saturated carbocycles. The van der Waals surface area contributed by atoms with Crippen LogP contribution in [0.4, 0.5) is 10.1 Å². The zero-order chi connectivity index (χ0) is 21.8. The smallest absolute Gasteiger partial charge is 0.292 e. The molecule has 3 aromatic heterocycles. The van der Waals surface area contributed by atoms with E-state index in [-0.39, 0.29) is 12.4 Å². The first-order valence-corrected chi connectivity index (χ1v) is 11.2. The third-order valence-corrected chi connectivity index (χ3v) is 6.15. The highest BCUT2D eigenvalue weighted by Gasteiger charge is 2.19. The minimum Gasteiger partial charge on any atom is -0.482 e. The number of anilines is 2. The van der Waals surface area contributed by atoms with Crippen LogP contribution in [-0.2, 0) is 4.79 Å². The van der Waals surface area contributed by atoms with E-state index in [1.54, 1.807) is 24.3 Å². The highest BCUT2D eigenvalue weighted by molar-refractivity contribution is 7.21. The lowest BCUT2D eigenvalue weighted by molar-refractivity contribution is -0.118. The van der Waals surface area contributed by atoms with Crippen LogP contribution in [0.3, 0.4) is 0 Å². The number of nitrogens with one attached hydrogen (secondary N) is 2. The van der Waals surface area contributed by atoms with Crippen molar-refractivity contribution >= 4 is 67.8 Å². The summed E-state index contributed by atoms with van der Waals surface area (Å²) >= 11 is 14.5. The molecule has 0 radical (unpaired) electrons. The average molecular weight is 494 g/mol. The molecule has 0 saturated heterocycles. The van der Waals surface area contributed by atoms with Crippen molar-refractivity contribution in [2.75, 3.05) is 17.2 Å². The summed E-state index contributed by atoms with van der Waals surface area (Å²) in [5, 5.41) is 8.93. The predicted molar refractivity (Wildman–Crippen MR) is 123 cm³/mol. The van der Waals surface area contributed by atoms with Crippen LogP contribution in [0.2, 0.25) is 10.0 Å².